The molecule has 116 valence electrons. The summed E-state index contributed by atoms with van der Waals surface area (Å²) in [5, 5.41) is 13.9. The van der Waals surface area contributed by atoms with Crippen LogP contribution in [0, 0.1) is 0 Å². The molecule has 0 aliphatic rings. The Kier molecular flexibility index (Phi) is 5.96. The van der Waals surface area contributed by atoms with Gasteiger partial charge in [-0.25, -0.2) is 8.78 Å². The van der Waals surface area contributed by atoms with Gasteiger partial charge in [0.05, 0.1) is 23.0 Å². The number of ether oxygens (including phenoxy) is 1. The van der Waals surface area contributed by atoms with Crippen LogP contribution in [0.15, 0.2) is 10.7 Å². The van der Waals surface area contributed by atoms with Gasteiger partial charge in [-0.1, -0.05) is 0 Å². The lowest BCUT2D eigenvalue weighted by molar-refractivity contribution is -0.171. The van der Waals surface area contributed by atoms with Gasteiger partial charge >= 0.3 is 12.3 Å². The number of rotatable bonds is 7. The van der Waals surface area contributed by atoms with Crippen molar-refractivity contribution in [2.45, 2.75) is 38.3 Å². The molecule has 0 saturated heterocycles. The molecule has 0 bridgehead atoms. The first-order chi connectivity index (χ1) is 9.16. The number of aliphatic hydroxyl groups excluding tert-OH is 1. The van der Waals surface area contributed by atoms with Gasteiger partial charge in [0.25, 0.3) is 0 Å². The molecule has 1 aromatic heterocycles. The second-order valence-electron chi connectivity index (χ2n) is 4.51. The van der Waals surface area contributed by atoms with Crippen molar-refractivity contribution >= 4 is 15.9 Å². The summed E-state index contributed by atoms with van der Waals surface area (Å²) in [5.74, 6) is -4.23. The van der Waals surface area contributed by atoms with Crippen LogP contribution in [0.5, 0.6) is 0 Å². The lowest BCUT2D eigenvalue weighted by atomic mass is 10.2. The van der Waals surface area contributed by atoms with Crippen LogP contribution in [0.3, 0.4) is 0 Å². The molecule has 4 nitrogen and oxygen atoms in total. The fourth-order valence-corrected chi connectivity index (χ4v) is 2.06. The number of alkyl halides is 4. The number of hydrogen-bond donors (Lipinski definition) is 1. The number of hydrogen-bond acceptors (Lipinski definition) is 3. The summed E-state index contributed by atoms with van der Waals surface area (Å²) in [4.78, 5) is 0. The summed E-state index contributed by atoms with van der Waals surface area (Å²) >= 11 is 3.17. The summed E-state index contributed by atoms with van der Waals surface area (Å²) in [6.45, 7) is 1.66. The molecule has 1 rings (SSSR count). The van der Waals surface area contributed by atoms with E-state index in [1.165, 1.54) is 10.9 Å². The van der Waals surface area contributed by atoms with Crippen LogP contribution >= 0.6 is 15.9 Å². The van der Waals surface area contributed by atoms with E-state index in [0.717, 1.165) is 0 Å². The zero-order valence-corrected chi connectivity index (χ0v) is 12.4. The second-order valence-corrected chi connectivity index (χ2v) is 5.36. The third-order valence-corrected chi connectivity index (χ3v) is 3.09. The lowest BCUT2D eigenvalue weighted by Crippen LogP contribution is -2.33. The highest BCUT2D eigenvalue weighted by atomic mass is 79.9. The highest BCUT2D eigenvalue weighted by Crippen LogP contribution is 2.27. The lowest BCUT2D eigenvalue weighted by Gasteiger charge is -2.19. The third-order valence-electron chi connectivity index (χ3n) is 2.48. The van der Waals surface area contributed by atoms with Crippen molar-refractivity contribution < 1.29 is 27.4 Å². The Morgan fingerprint density at radius 2 is 2.05 bits per heavy atom. The van der Waals surface area contributed by atoms with Crippen molar-refractivity contribution in [1.82, 2.24) is 9.78 Å². The Morgan fingerprint density at radius 1 is 1.45 bits per heavy atom. The van der Waals surface area contributed by atoms with Gasteiger partial charge in [-0.05, 0) is 29.8 Å². The van der Waals surface area contributed by atoms with Crippen molar-refractivity contribution in [3.05, 3.63) is 16.4 Å². The molecule has 0 aromatic carbocycles. The van der Waals surface area contributed by atoms with Crippen LogP contribution in [-0.2, 0) is 4.74 Å². The minimum atomic E-state index is -4.23. The van der Waals surface area contributed by atoms with Gasteiger partial charge < -0.3 is 9.84 Å². The van der Waals surface area contributed by atoms with Gasteiger partial charge in [0.15, 0.2) is 0 Å². The van der Waals surface area contributed by atoms with E-state index in [1.807, 2.05) is 13.8 Å². The van der Waals surface area contributed by atoms with Crippen molar-refractivity contribution in [1.29, 1.82) is 0 Å². The van der Waals surface area contributed by atoms with Gasteiger partial charge in [-0.2, -0.15) is 13.9 Å². The quantitative estimate of drug-likeness (QED) is 0.757. The number of aromatic nitrogens is 2. The fourth-order valence-electron chi connectivity index (χ4n) is 1.52. The van der Waals surface area contributed by atoms with Crippen LogP contribution in [-0.4, -0.2) is 40.4 Å². The highest BCUT2D eigenvalue weighted by molar-refractivity contribution is 9.10. The maximum Gasteiger partial charge on any atom is 0.330 e. The van der Waals surface area contributed by atoms with Crippen molar-refractivity contribution in [2.24, 2.45) is 0 Å². The molecule has 0 radical (unpaired) electrons. The van der Waals surface area contributed by atoms with E-state index >= 15 is 0 Å². The van der Waals surface area contributed by atoms with Crippen molar-refractivity contribution in [3.8, 4) is 0 Å². The van der Waals surface area contributed by atoms with E-state index in [4.69, 9.17) is 0 Å². The zero-order chi connectivity index (χ0) is 15.5. The molecule has 1 unspecified atom stereocenters. The third kappa shape index (κ3) is 4.16. The Balaban J connectivity index is 2.64. The van der Waals surface area contributed by atoms with Gasteiger partial charge in [0.1, 0.15) is 12.7 Å². The minimum absolute atomic E-state index is 0.0616. The van der Waals surface area contributed by atoms with E-state index in [0.29, 0.717) is 10.2 Å². The van der Waals surface area contributed by atoms with E-state index in [-0.39, 0.29) is 6.04 Å². The Labute approximate surface area is 121 Å². The average molecular weight is 363 g/mol. The first-order valence-electron chi connectivity index (χ1n) is 5.81. The number of halogens is 5. The van der Waals surface area contributed by atoms with Crippen LogP contribution in [0.4, 0.5) is 17.6 Å². The van der Waals surface area contributed by atoms with Crippen molar-refractivity contribution in [3.63, 3.8) is 0 Å². The fraction of sp³-hybridized carbons (Fsp3) is 0.727. The molecule has 1 atom stereocenters. The maximum absolute atomic E-state index is 12.6. The van der Waals surface area contributed by atoms with Crippen LogP contribution in [0.2, 0.25) is 0 Å². The van der Waals surface area contributed by atoms with Crippen LogP contribution in [0.25, 0.3) is 0 Å². The molecule has 9 heteroatoms. The predicted molar refractivity (Wildman–Crippen MR) is 67.0 cm³/mol. The summed E-state index contributed by atoms with van der Waals surface area (Å²) in [7, 11) is 0. The predicted octanol–water partition coefficient (Wildman–Crippen LogP) is 3.18. The maximum atomic E-state index is 12.6. The highest BCUT2D eigenvalue weighted by Gasteiger charge is 2.41. The molecule has 0 spiro atoms. The van der Waals surface area contributed by atoms with E-state index in [1.54, 1.807) is 0 Å². The normalized spacial score (nSPS) is 14.3. The average Bonchev–Trinajstić information content (AvgIpc) is 2.70. The summed E-state index contributed by atoms with van der Waals surface area (Å²) in [6, 6.07) is -0.0616. The monoisotopic (exact) mass is 362 g/mol. The Hall–Kier alpha value is -0.670. The Bertz CT molecular complexity index is 440. The topological polar surface area (TPSA) is 47.3 Å². The van der Waals surface area contributed by atoms with E-state index in [2.05, 4.69) is 25.8 Å². The molecule has 0 fully saturated rings. The van der Waals surface area contributed by atoms with Gasteiger partial charge in [0, 0.05) is 6.04 Å². The molecule has 0 saturated carbocycles. The van der Waals surface area contributed by atoms with Crippen molar-refractivity contribution in [2.75, 3.05) is 13.2 Å². The number of aliphatic hydroxyl groups is 1. The summed E-state index contributed by atoms with van der Waals surface area (Å²) < 4.78 is 55.6. The van der Waals surface area contributed by atoms with Crippen LogP contribution < -0.4 is 0 Å². The molecular formula is C11H15BrF4N2O2. The first-order valence-corrected chi connectivity index (χ1v) is 6.60. The SMILES string of the molecule is CC(C)n1ncc(Br)c1C(O)COCC(F)(F)C(F)F. The number of nitrogens with zero attached hydrogens (tertiary/aromatic N) is 2. The summed E-state index contributed by atoms with van der Waals surface area (Å²) in [5.41, 5.74) is 0.348. The van der Waals surface area contributed by atoms with E-state index in [9.17, 15) is 22.7 Å². The van der Waals surface area contributed by atoms with Crippen LogP contribution in [0.1, 0.15) is 31.7 Å². The van der Waals surface area contributed by atoms with Gasteiger partial charge in [-0.3, -0.25) is 4.68 Å². The molecule has 0 aliphatic heterocycles. The largest absolute Gasteiger partial charge is 0.384 e. The molecule has 1 aromatic rings. The smallest absolute Gasteiger partial charge is 0.330 e. The molecule has 0 amide bonds. The zero-order valence-electron chi connectivity index (χ0n) is 10.9. The van der Waals surface area contributed by atoms with Gasteiger partial charge in [0.2, 0.25) is 0 Å². The summed E-state index contributed by atoms with van der Waals surface area (Å²) in [6.07, 6.45) is -3.60. The molecular weight excluding hydrogens is 348 g/mol. The first kappa shape index (κ1) is 17.4. The molecule has 1 N–H and O–H groups in total. The Morgan fingerprint density at radius 3 is 2.55 bits per heavy atom. The standard InChI is InChI=1S/C11H15BrF4N2O2/c1-6(2)18-9(7(12)3-17-18)8(19)4-20-5-11(15,16)10(13)14/h3,6,8,10,19H,4-5H2,1-2H3. The molecule has 0 aliphatic carbocycles. The second kappa shape index (κ2) is 6.86. The van der Waals surface area contributed by atoms with Gasteiger partial charge in [-0.15, -0.1) is 0 Å². The van der Waals surface area contributed by atoms with E-state index < -0.39 is 31.7 Å². The minimum Gasteiger partial charge on any atom is -0.384 e. The molecule has 1 heterocycles. The molecule has 20 heavy (non-hydrogen) atoms.